The summed E-state index contributed by atoms with van der Waals surface area (Å²) >= 11 is 3.49. The van der Waals surface area contributed by atoms with Gasteiger partial charge in [0.2, 0.25) is 0 Å². The van der Waals surface area contributed by atoms with Crippen LogP contribution in [0, 0.1) is 0 Å². The monoisotopic (exact) mass is 305 g/mol. The Kier molecular flexibility index (Phi) is 4.02. The van der Waals surface area contributed by atoms with Crippen molar-refractivity contribution in [1.82, 2.24) is 4.98 Å². The van der Waals surface area contributed by atoms with Gasteiger partial charge in [-0.1, -0.05) is 35.8 Å². The summed E-state index contributed by atoms with van der Waals surface area (Å²) in [6.07, 6.45) is 0. The molecular weight excluding hydrogens is 290 g/mol. The molecule has 0 N–H and O–H groups in total. The third kappa shape index (κ3) is 2.72. The minimum absolute atomic E-state index is 0.420. The number of halogens is 1. The van der Waals surface area contributed by atoms with Gasteiger partial charge in [-0.15, -0.1) is 0 Å². The van der Waals surface area contributed by atoms with Crippen molar-refractivity contribution < 1.29 is 4.74 Å². The smallest absolute Gasteiger partial charge is 0.128 e. The number of nitrogens with zero attached hydrogens (tertiary/aromatic N) is 1. The molecule has 2 nitrogen and oxygen atoms in total. The molecule has 3 heteroatoms. The number of hydrogen-bond donors (Lipinski definition) is 0. The van der Waals surface area contributed by atoms with Gasteiger partial charge in [-0.25, -0.2) is 0 Å². The van der Waals surface area contributed by atoms with E-state index in [0.29, 0.717) is 5.92 Å². The molecule has 2 aromatic rings. The summed E-state index contributed by atoms with van der Waals surface area (Å²) in [5.41, 5.74) is 3.04. The van der Waals surface area contributed by atoms with Crippen LogP contribution in [0.1, 0.15) is 25.5 Å². The van der Waals surface area contributed by atoms with Crippen LogP contribution in [-0.4, -0.2) is 12.1 Å². The minimum atomic E-state index is 0.420. The first kappa shape index (κ1) is 13.1. The number of benzene rings is 1. The second-order valence-corrected chi connectivity index (χ2v) is 5.36. The maximum atomic E-state index is 5.39. The Morgan fingerprint density at radius 2 is 1.94 bits per heavy atom. The molecule has 1 aromatic heterocycles. The van der Waals surface area contributed by atoms with Gasteiger partial charge in [0.15, 0.2) is 0 Å². The van der Waals surface area contributed by atoms with Gasteiger partial charge in [-0.2, -0.15) is 0 Å². The van der Waals surface area contributed by atoms with Crippen molar-refractivity contribution >= 4 is 15.9 Å². The summed E-state index contributed by atoms with van der Waals surface area (Å²) in [4.78, 5) is 4.69. The predicted octanol–water partition coefficient (Wildman–Crippen LogP) is 4.64. The predicted molar refractivity (Wildman–Crippen MR) is 78.0 cm³/mol. The number of rotatable bonds is 3. The zero-order valence-electron chi connectivity index (χ0n) is 10.8. The number of aromatic nitrogens is 1. The molecule has 0 saturated heterocycles. The molecule has 1 aromatic carbocycles. The third-order valence-corrected chi connectivity index (χ3v) is 3.29. The van der Waals surface area contributed by atoms with Crippen LogP contribution in [0.3, 0.4) is 0 Å². The van der Waals surface area contributed by atoms with E-state index < -0.39 is 0 Å². The lowest BCUT2D eigenvalue weighted by Gasteiger charge is -2.11. The second kappa shape index (κ2) is 5.53. The first-order chi connectivity index (χ1) is 8.61. The fourth-order valence-electron chi connectivity index (χ4n) is 1.80. The van der Waals surface area contributed by atoms with Crippen LogP contribution >= 0.6 is 15.9 Å². The third-order valence-electron chi connectivity index (χ3n) is 2.80. The van der Waals surface area contributed by atoms with Crippen LogP contribution in [0.15, 0.2) is 40.9 Å². The normalized spacial score (nSPS) is 10.7. The van der Waals surface area contributed by atoms with Crippen molar-refractivity contribution in [3.05, 3.63) is 46.6 Å². The highest BCUT2D eigenvalue weighted by atomic mass is 79.9. The summed E-state index contributed by atoms with van der Waals surface area (Å²) in [6, 6.07) is 12.1. The van der Waals surface area contributed by atoms with Gasteiger partial charge in [0, 0.05) is 15.7 Å². The lowest BCUT2D eigenvalue weighted by Crippen LogP contribution is -1.95. The Balaban J connectivity index is 2.54. The molecule has 94 valence electrons. The van der Waals surface area contributed by atoms with Crippen LogP contribution in [0.2, 0.25) is 0 Å². The molecule has 18 heavy (non-hydrogen) atoms. The molecule has 0 amide bonds. The molecule has 2 rings (SSSR count). The van der Waals surface area contributed by atoms with Crippen molar-refractivity contribution in [1.29, 1.82) is 0 Å². The average molecular weight is 306 g/mol. The summed E-state index contributed by atoms with van der Waals surface area (Å²) in [6.45, 7) is 4.29. The van der Waals surface area contributed by atoms with Gasteiger partial charge in [0.25, 0.3) is 0 Å². The lowest BCUT2D eigenvalue weighted by molar-refractivity contribution is 0.416. The highest BCUT2D eigenvalue weighted by Crippen LogP contribution is 2.32. The highest BCUT2D eigenvalue weighted by molar-refractivity contribution is 9.10. The molecule has 0 atom stereocenters. The Morgan fingerprint density at radius 3 is 2.61 bits per heavy atom. The zero-order valence-corrected chi connectivity index (χ0v) is 12.4. The van der Waals surface area contributed by atoms with Gasteiger partial charge in [0.1, 0.15) is 5.75 Å². The van der Waals surface area contributed by atoms with E-state index in [-0.39, 0.29) is 0 Å². The number of ether oxygens (including phenoxy) is 1. The molecule has 0 aliphatic carbocycles. The van der Waals surface area contributed by atoms with E-state index in [1.807, 2.05) is 30.3 Å². The summed E-state index contributed by atoms with van der Waals surface area (Å²) < 4.78 is 6.42. The lowest BCUT2D eigenvalue weighted by atomic mass is 10.1. The standard InChI is InChI=1S/C15H16BrNO/c1-10(2)13-5-4-6-14(17-13)12-9-11(16)7-8-15(12)18-3/h4-10H,1-3H3. The van der Waals surface area contributed by atoms with Crippen LogP contribution in [-0.2, 0) is 0 Å². The van der Waals surface area contributed by atoms with Crippen molar-refractivity contribution in [3.63, 3.8) is 0 Å². The molecule has 0 bridgehead atoms. The van der Waals surface area contributed by atoms with Gasteiger partial charge < -0.3 is 4.74 Å². The summed E-state index contributed by atoms with van der Waals surface area (Å²) in [5.74, 6) is 1.26. The van der Waals surface area contributed by atoms with Crippen molar-refractivity contribution in [2.45, 2.75) is 19.8 Å². The molecule has 0 fully saturated rings. The van der Waals surface area contributed by atoms with Crippen LogP contribution in [0.25, 0.3) is 11.3 Å². The Hall–Kier alpha value is -1.35. The second-order valence-electron chi connectivity index (χ2n) is 4.45. The maximum Gasteiger partial charge on any atom is 0.128 e. The van der Waals surface area contributed by atoms with E-state index in [0.717, 1.165) is 27.2 Å². The van der Waals surface area contributed by atoms with Gasteiger partial charge in [-0.3, -0.25) is 4.98 Å². The Bertz CT molecular complexity index is 552. The molecule has 0 spiro atoms. The van der Waals surface area contributed by atoms with E-state index in [2.05, 4.69) is 35.8 Å². The molecular formula is C15H16BrNO. The van der Waals surface area contributed by atoms with Crippen molar-refractivity contribution in [3.8, 4) is 17.0 Å². The maximum absolute atomic E-state index is 5.39. The van der Waals surface area contributed by atoms with Gasteiger partial charge in [0.05, 0.1) is 12.8 Å². The van der Waals surface area contributed by atoms with Crippen molar-refractivity contribution in [2.24, 2.45) is 0 Å². The minimum Gasteiger partial charge on any atom is -0.496 e. The molecule has 0 saturated carbocycles. The van der Waals surface area contributed by atoms with Crippen LogP contribution < -0.4 is 4.74 Å². The zero-order chi connectivity index (χ0) is 13.1. The number of hydrogen-bond acceptors (Lipinski definition) is 2. The van der Waals surface area contributed by atoms with E-state index in [4.69, 9.17) is 9.72 Å². The first-order valence-electron chi connectivity index (χ1n) is 5.92. The number of methoxy groups -OCH3 is 1. The van der Waals surface area contributed by atoms with Crippen LogP contribution in [0.5, 0.6) is 5.75 Å². The van der Waals surface area contributed by atoms with E-state index in [9.17, 15) is 0 Å². The van der Waals surface area contributed by atoms with Gasteiger partial charge >= 0.3 is 0 Å². The quantitative estimate of drug-likeness (QED) is 0.824. The fourth-order valence-corrected chi connectivity index (χ4v) is 2.16. The molecule has 0 radical (unpaired) electrons. The SMILES string of the molecule is COc1ccc(Br)cc1-c1cccc(C(C)C)n1. The van der Waals surface area contributed by atoms with Gasteiger partial charge in [-0.05, 0) is 36.2 Å². The van der Waals surface area contributed by atoms with E-state index in [1.54, 1.807) is 7.11 Å². The van der Waals surface area contributed by atoms with E-state index >= 15 is 0 Å². The van der Waals surface area contributed by atoms with Crippen molar-refractivity contribution in [2.75, 3.05) is 7.11 Å². The summed E-state index contributed by atoms with van der Waals surface area (Å²) in [5, 5.41) is 0. The first-order valence-corrected chi connectivity index (χ1v) is 6.72. The molecule has 0 aliphatic heterocycles. The fraction of sp³-hybridized carbons (Fsp3) is 0.267. The molecule has 1 heterocycles. The molecule has 0 unspecified atom stereocenters. The molecule has 0 aliphatic rings. The average Bonchev–Trinajstić information content (AvgIpc) is 2.39. The van der Waals surface area contributed by atoms with Crippen LogP contribution in [0.4, 0.5) is 0 Å². The summed E-state index contributed by atoms with van der Waals surface area (Å²) in [7, 11) is 1.68. The van der Waals surface area contributed by atoms with E-state index in [1.165, 1.54) is 0 Å². The topological polar surface area (TPSA) is 22.1 Å². The number of pyridine rings is 1. The Morgan fingerprint density at radius 1 is 1.17 bits per heavy atom. The highest BCUT2D eigenvalue weighted by Gasteiger charge is 2.09. The Labute approximate surface area is 116 Å². The largest absolute Gasteiger partial charge is 0.496 e.